The van der Waals surface area contributed by atoms with Crippen LogP contribution in [0.25, 0.3) is 0 Å². The minimum atomic E-state index is -3.31. The van der Waals surface area contributed by atoms with Gasteiger partial charge >= 0.3 is 0 Å². The Bertz CT molecular complexity index is 505. The van der Waals surface area contributed by atoms with Crippen molar-refractivity contribution in [3.05, 3.63) is 17.0 Å². The molecule has 0 saturated heterocycles. The maximum atomic E-state index is 12.1. The molecule has 0 bridgehead atoms. The van der Waals surface area contributed by atoms with Crippen LogP contribution in [-0.2, 0) is 16.6 Å². The number of hydrogen-bond acceptors (Lipinski definition) is 4. The predicted molar refractivity (Wildman–Crippen MR) is 83.5 cm³/mol. The number of thiophene rings is 1. The van der Waals surface area contributed by atoms with Crippen LogP contribution in [0.3, 0.4) is 0 Å². The van der Waals surface area contributed by atoms with Crippen molar-refractivity contribution in [3.8, 4) is 0 Å². The van der Waals surface area contributed by atoms with Gasteiger partial charge in [0.2, 0.25) is 10.0 Å². The lowest BCUT2D eigenvalue weighted by molar-refractivity contribution is 0.480. The molecule has 2 N–H and O–H groups in total. The summed E-state index contributed by atoms with van der Waals surface area (Å²) in [7, 11) is -1.46. The zero-order valence-corrected chi connectivity index (χ0v) is 13.7. The van der Waals surface area contributed by atoms with Gasteiger partial charge in [0.05, 0.1) is 0 Å². The van der Waals surface area contributed by atoms with Crippen LogP contribution in [0.5, 0.6) is 0 Å². The Balaban J connectivity index is 1.77. The Morgan fingerprint density at radius 3 is 2.75 bits per heavy atom. The average molecular weight is 316 g/mol. The van der Waals surface area contributed by atoms with Crippen molar-refractivity contribution < 1.29 is 8.42 Å². The summed E-state index contributed by atoms with van der Waals surface area (Å²) >= 11 is 1.33. The smallest absolute Gasteiger partial charge is 0.250 e. The monoisotopic (exact) mass is 316 g/mol. The SMILES string of the molecule is CNCc1ccc(S(=O)(=O)NCCCC2CCCC2)s1. The van der Waals surface area contributed by atoms with E-state index in [0.717, 1.165) is 23.6 Å². The van der Waals surface area contributed by atoms with E-state index in [-0.39, 0.29) is 0 Å². The first kappa shape index (κ1) is 15.9. The molecule has 2 rings (SSSR count). The van der Waals surface area contributed by atoms with Crippen molar-refractivity contribution in [1.82, 2.24) is 10.0 Å². The van der Waals surface area contributed by atoms with Gasteiger partial charge in [0, 0.05) is 18.0 Å². The molecule has 0 aromatic carbocycles. The van der Waals surface area contributed by atoms with Crippen LogP contribution >= 0.6 is 11.3 Å². The molecule has 114 valence electrons. The summed E-state index contributed by atoms with van der Waals surface area (Å²) in [6, 6.07) is 3.56. The number of nitrogens with one attached hydrogen (secondary N) is 2. The van der Waals surface area contributed by atoms with E-state index in [1.807, 2.05) is 13.1 Å². The third-order valence-corrected chi connectivity index (χ3v) is 6.85. The minimum absolute atomic E-state index is 0.420. The lowest BCUT2D eigenvalue weighted by atomic mass is 10.0. The van der Waals surface area contributed by atoms with Crippen molar-refractivity contribution in [1.29, 1.82) is 0 Å². The highest BCUT2D eigenvalue weighted by Crippen LogP contribution is 2.28. The summed E-state index contributed by atoms with van der Waals surface area (Å²) in [6.45, 7) is 1.26. The van der Waals surface area contributed by atoms with Gasteiger partial charge in [-0.2, -0.15) is 0 Å². The van der Waals surface area contributed by atoms with E-state index in [9.17, 15) is 8.42 Å². The van der Waals surface area contributed by atoms with Crippen molar-refractivity contribution in [3.63, 3.8) is 0 Å². The van der Waals surface area contributed by atoms with Crippen LogP contribution in [0.1, 0.15) is 43.4 Å². The van der Waals surface area contributed by atoms with E-state index >= 15 is 0 Å². The molecule has 1 saturated carbocycles. The van der Waals surface area contributed by atoms with Crippen molar-refractivity contribution in [2.75, 3.05) is 13.6 Å². The second-order valence-electron chi connectivity index (χ2n) is 5.44. The molecule has 0 spiro atoms. The standard InChI is InChI=1S/C14H24N2O2S2/c1-15-11-13-8-9-14(19-13)20(17,18)16-10-4-7-12-5-2-3-6-12/h8-9,12,15-16H,2-7,10-11H2,1H3. The van der Waals surface area contributed by atoms with Gasteiger partial charge in [-0.05, 0) is 37.9 Å². The van der Waals surface area contributed by atoms with E-state index in [0.29, 0.717) is 17.3 Å². The van der Waals surface area contributed by atoms with Gasteiger partial charge in [-0.15, -0.1) is 11.3 Å². The quantitative estimate of drug-likeness (QED) is 0.725. The molecule has 0 radical (unpaired) electrons. The molecule has 1 heterocycles. The van der Waals surface area contributed by atoms with E-state index in [4.69, 9.17) is 0 Å². The van der Waals surface area contributed by atoms with Gasteiger partial charge < -0.3 is 5.32 Å². The van der Waals surface area contributed by atoms with E-state index < -0.39 is 10.0 Å². The minimum Gasteiger partial charge on any atom is -0.315 e. The zero-order chi connectivity index (χ0) is 14.4. The molecule has 6 heteroatoms. The lowest BCUT2D eigenvalue weighted by Gasteiger charge is -2.09. The van der Waals surface area contributed by atoms with Gasteiger partial charge in [0.1, 0.15) is 4.21 Å². The maximum Gasteiger partial charge on any atom is 0.250 e. The highest BCUT2D eigenvalue weighted by Gasteiger charge is 2.17. The van der Waals surface area contributed by atoms with E-state index in [1.165, 1.54) is 37.0 Å². The van der Waals surface area contributed by atoms with Gasteiger partial charge in [-0.3, -0.25) is 0 Å². The highest BCUT2D eigenvalue weighted by molar-refractivity contribution is 7.91. The van der Waals surface area contributed by atoms with Crippen LogP contribution in [0.4, 0.5) is 0 Å². The fraction of sp³-hybridized carbons (Fsp3) is 0.714. The van der Waals surface area contributed by atoms with Crippen LogP contribution in [-0.4, -0.2) is 22.0 Å². The normalized spacial score (nSPS) is 16.9. The van der Waals surface area contributed by atoms with E-state index in [1.54, 1.807) is 6.07 Å². The Hall–Kier alpha value is -0.430. The van der Waals surface area contributed by atoms with Crippen molar-refractivity contribution in [2.24, 2.45) is 5.92 Å². The first-order chi connectivity index (χ1) is 9.62. The molecule has 1 aliphatic carbocycles. The second-order valence-corrected chi connectivity index (χ2v) is 8.60. The predicted octanol–water partition coefficient (Wildman–Crippen LogP) is 2.72. The molecule has 1 aromatic rings. The van der Waals surface area contributed by atoms with Crippen LogP contribution < -0.4 is 10.0 Å². The first-order valence-electron chi connectivity index (χ1n) is 7.35. The average Bonchev–Trinajstić information content (AvgIpc) is 3.06. The molecule has 0 atom stereocenters. The van der Waals surface area contributed by atoms with Crippen molar-refractivity contribution >= 4 is 21.4 Å². The molecule has 0 unspecified atom stereocenters. The van der Waals surface area contributed by atoms with Gasteiger partial charge in [0.25, 0.3) is 0 Å². The number of hydrogen-bond donors (Lipinski definition) is 2. The summed E-state index contributed by atoms with van der Waals surface area (Å²) < 4.78 is 27.4. The molecule has 1 aliphatic rings. The Morgan fingerprint density at radius 1 is 1.30 bits per heavy atom. The van der Waals surface area contributed by atoms with Gasteiger partial charge in [-0.1, -0.05) is 25.7 Å². The molecule has 1 aromatic heterocycles. The van der Waals surface area contributed by atoms with Crippen LogP contribution in [0, 0.1) is 5.92 Å². The lowest BCUT2D eigenvalue weighted by Crippen LogP contribution is -2.24. The Labute approximate surface area is 126 Å². The fourth-order valence-electron chi connectivity index (χ4n) is 2.74. The summed E-state index contributed by atoms with van der Waals surface area (Å²) in [5.41, 5.74) is 0. The number of rotatable bonds is 8. The van der Waals surface area contributed by atoms with Crippen molar-refractivity contribution in [2.45, 2.75) is 49.3 Å². The Kier molecular flexibility index (Phi) is 6.01. The summed E-state index contributed by atoms with van der Waals surface area (Å²) in [6.07, 6.45) is 7.44. The third kappa shape index (κ3) is 4.55. The highest BCUT2D eigenvalue weighted by atomic mass is 32.2. The summed E-state index contributed by atoms with van der Waals surface area (Å²) in [4.78, 5) is 1.04. The largest absolute Gasteiger partial charge is 0.315 e. The second kappa shape index (κ2) is 7.54. The molecular formula is C14H24N2O2S2. The molecular weight excluding hydrogens is 292 g/mol. The molecule has 4 nitrogen and oxygen atoms in total. The molecule has 1 fully saturated rings. The topological polar surface area (TPSA) is 58.2 Å². The number of sulfonamides is 1. The molecule has 0 aliphatic heterocycles. The fourth-order valence-corrected chi connectivity index (χ4v) is 5.23. The third-order valence-electron chi connectivity index (χ3n) is 3.81. The summed E-state index contributed by atoms with van der Waals surface area (Å²) in [5.74, 6) is 0.823. The maximum absolute atomic E-state index is 12.1. The summed E-state index contributed by atoms with van der Waals surface area (Å²) in [5, 5.41) is 3.03. The van der Waals surface area contributed by atoms with Gasteiger partial charge in [-0.25, -0.2) is 13.1 Å². The van der Waals surface area contributed by atoms with Crippen LogP contribution in [0.15, 0.2) is 16.3 Å². The Morgan fingerprint density at radius 2 is 2.05 bits per heavy atom. The van der Waals surface area contributed by atoms with Gasteiger partial charge in [0.15, 0.2) is 0 Å². The van der Waals surface area contributed by atoms with E-state index in [2.05, 4.69) is 10.0 Å². The zero-order valence-electron chi connectivity index (χ0n) is 12.0. The first-order valence-corrected chi connectivity index (χ1v) is 9.65. The van der Waals surface area contributed by atoms with Crippen LogP contribution in [0.2, 0.25) is 0 Å². The molecule has 20 heavy (non-hydrogen) atoms. The molecule has 0 amide bonds.